The fourth-order valence-corrected chi connectivity index (χ4v) is 5.13. The number of hydrogen-bond acceptors (Lipinski definition) is 5. The van der Waals surface area contributed by atoms with Gasteiger partial charge in [0.25, 0.3) is 0 Å². The van der Waals surface area contributed by atoms with Gasteiger partial charge in [-0.1, -0.05) is 65.8 Å². The standard InChI is InChI=1S/C27H32N4O2/c32-27(31-16-8-3-9-17-31)23-14-18-30(19-15-23)20-24-28-26(29-33-24)25(21-10-4-1-5-11-21)22-12-6-2-7-13-22/h1-2,4-7,10-13,23,25H,3,8-9,14-20H2. The summed E-state index contributed by atoms with van der Waals surface area (Å²) in [5.74, 6) is 1.80. The zero-order chi connectivity index (χ0) is 22.5. The van der Waals surface area contributed by atoms with Crippen LogP contribution in [0.25, 0.3) is 0 Å². The molecule has 2 fully saturated rings. The van der Waals surface area contributed by atoms with Crippen LogP contribution in [0.5, 0.6) is 0 Å². The van der Waals surface area contributed by atoms with E-state index in [1.165, 1.54) is 6.42 Å². The maximum Gasteiger partial charge on any atom is 0.240 e. The van der Waals surface area contributed by atoms with Crippen LogP contribution in [0.1, 0.15) is 60.9 Å². The molecule has 0 atom stereocenters. The number of carbonyl (C=O) groups is 1. The van der Waals surface area contributed by atoms with Crippen LogP contribution in [-0.4, -0.2) is 52.0 Å². The molecule has 2 saturated heterocycles. The van der Waals surface area contributed by atoms with Crippen molar-refractivity contribution >= 4 is 5.91 Å². The molecule has 3 heterocycles. The number of carbonyl (C=O) groups excluding carboxylic acids is 1. The van der Waals surface area contributed by atoms with Crippen molar-refractivity contribution in [3.63, 3.8) is 0 Å². The number of nitrogens with zero attached hydrogens (tertiary/aromatic N) is 4. The predicted molar refractivity (Wildman–Crippen MR) is 127 cm³/mol. The summed E-state index contributed by atoms with van der Waals surface area (Å²) in [6, 6.07) is 20.7. The summed E-state index contributed by atoms with van der Waals surface area (Å²) >= 11 is 0. The monoisotopic (exact) mass is 444 g/mol. The number of aromatic nitrogens is 2. The topological polar surface area (TPSA) is 62.5 Å². The number of benzene rings is 2. The molecule has 6 heteroatoms. The molecule has 2 aromatic carbocycles. The van der Waals surface area contributed by atoms with Crippen molar-refractivity contribution in [2.24, 2.45) is 5.92 Å². The smallest absolute Gasteiger partial charge is 0.240 e. The van der Waals surface area contributed by atoms with Gasteiger partial charge in [-0.15, -0.1) is 0 Å². The minimum atomic E-state index is -0.0576. The minimum absolute atomic E-state index is 0.0576. The fourth-order valence-electron chi connectivity index (χ4n) is 5.13. The fraction of sp³-hybridized carbons (Fsp3) is 0.444. The van der Waals surface area contributed by atoms with Gasteiger partial charge in [0.1, 0.15) is 0 Å². The van der Waals surface area contributed by atoms with Gasteiger partial charge in [0.05, 0.1) is 12.5 Å². The Morgan fingerprint density at radius 1 is 0.879 bits per heavy atom. The molecule has 1 amide bonds. The van der Waals surface area contributed by atoms with E-state index in [2.05, 4.69) is 39.2 Å². The summed E-state index contributed by atoms with van der Waals surface area (Å²) in [6.07, 6.45) is 5.37. The second-order valence-corrected chi connectivity index (χ2v) is 9.24. The van der Waals surface area contributed by atoms with Crippen molar-refractivity contribution in [3.05, 3.63) is 83.5 Å². The Morgan fingerprint density at radius 3 is 2.09 bits per heavy atom. The van der Waals surface area contributed by atoms with Crippen LogP contribution >= 0.6 is 0 Å². The zero-order valence-electron chi connectivity index (χ0n) is 19.1. The average Bonchev–Trinajstić information content (AvgIpc) is 3.34. The molecular formula is C27H32N4O2. The van der Waals surface area contributed by atoms with E-state index in [1.807, 2.05) is 36.4 Å². The van der Waals surface area contributed by atoms with E-state index in [1.54, 1.807) is 0 Å². The van der Waals surface area contributed by atoms with Gasteiger partial charge in [0.2, 0.25) is 11.8 Å². The number of rotatable bonds is 6. The molecule has 0 bridgehead atoms. The lowest BCUT2D eigenvalue weighted by Crippen LogP contribution is -2.44. The van der Waals surface area contributed by atoms with E-state index in [4.69, 9.17) is 9.51 Å². The SMILES string of the molecule is O=C(C1CCN(Cc2nc(C(c3ccccc3)c3ccccc3)no2)CC1)N1CCCCC1. The largest absolute Gasteiger partial charge is 0.342 e. The second kappa shape index (κ2) is 10.3. The van der Waals surface area contributed by atoms with E-state index in [-0.39, 0.29) is 11.8 Å². The molecule has 1 aromatic heterocycles. The molecule has 0 aliphatic carbocycles. The quantitative estimate of drug-likeness (QED) is 0.561. The highest BCUT2D eigenvalue weighted by molar-refractivity contribution is 5.79. The maximum absolute atomic E-state index is 12.8. The molecular weight excluding hydrogens is 412 g/mol. The molecule has 2 aliphatic rings. The Labute approximate surface area is 195 Å². The first kappa shape index (κ1) is 21.8. The Hall–Kier alpha value is -2.99. The third-order valence-electron chi connectivity index (χ3n) is 6.97. The van der Waals surface area contributed by atoms with Gasteiger partial charge in [0, 0.05) is 19.0 Å². The van der Waals surface area contributed by atoms with Crippen LogP contribution in [0, 0.1) is 5.92 Å². The summed E-state index contributed by atoms with van der Waals surface area (Å²) in [4.78, 5) is 22.0. The summed E-state index contributed by atoms with van der Waals surface area (Å²) in [5, 5.41) is 4.37. The molecule has 0 N–H and O–H groups in total. The maximum atomic E-state index is 12.8. The van der Waals surface area contributed by atoms with Gasteiger partial charge < -0.3 is 9.42 Å². The van der Waals surface area contributed by atoms with Gasteiger partial charge in [-0.25, -0.2) is 0 Å². The second-order valence-electron chi connectivity index (χ2n) is 9.24. The Kier molecular flexibility index (Phi) is 6.81. The first-order chi connectivity index (χ1) is 16.3. The van der Waals surface area contributed by atoms with Crippen LogP contribution in [-0.2, 0) is 11.3 Å². The van der Waals surface area contributed by atoms with Crippen molar-refractivity contribution in [2.75, 3.05) is 26.2 Å². The van der Waals surface area contributed by atoms with Crippen LogP contribution in [0.4, 0.5) is 0 Å². The van der Waals surface area contributed by atoms with Crippen molar-refractivity contribution in [3.8, 4) is 0 Å². The van der Waals surface area contributed by atoms with E-state index in [0.29, 0.717) is 24.2 Å². The summed E-state index contributed by atoms with van der Waals surface area (Å²) in [7, 11) is 0. The van der Waals surface area contributed by atoms with E-state index in [9.17, 15) is 4.79 Å². The first-order valence-corrected chi connectivity index (χ1v) is 12.2. The molecule has 172 valence electrons. The summed E-state index contributed by atoms with van der Waals surface area (Å²) < 4.78 is 5.68. The third kappa shape index (κ3) is 5.17. The van der Waals surface area contributed by atoms with Crippen LogP contribution in [0.2, 0.25) is 0 Å². The highest BCUT2D eigenvalue weighted by atomic mass is 16.5. The molecule has 2 aliphatic heterocycles. The van der Waals surface area contributed by atoms with Gasteiger partial charge in [-0.3, -0.25) is 9.69 Å². The predicted octanol–water partition coefficient (Wildman–Crippen LogP) is 4.47. The van der Waals surface area contributed by atoms with Crippen LogP contribution < -0.4 is 0 Å². The van der Waals surface area contributed by atoms with E-state index in [0.717, 1.165) is 63.0 Å². The lowest BCUT2D eigenvalue weighted by atomic mass is 9.91. The van der Waals surface area contributed by atoms with Crippen molar-refractivity contribution in [1.29, 1.82) is 0 Å². The van der Waals surface area contributed by atoms with Gasteiger partial charge >= 0.3 is 0 Å². The van der Waals surface area contributed by atoms with Gasteiger partial charge in [-0.05, 0) is 56.3 Å². The Balaban J connectivity index is 1.23. The first-order valence-electron chi connectivity index (χ1n) is 12.2. The number of likely N-dealkylation sites (tertiary alicyclic amines) is 2. The lowest BCUT2D eigenvalue weighted by molar-refractivity contribution is -0.138. The highest BCUT2D eigenvalue weighted by Crippen LogP contribution is 2.30. The van der Waals surface area contributed by atoms with Gasteiger partial charge in [-0.2, -0.15) is 4.98 Å². The van der Waals surface area contributed by atoms with E-state index < -0.39 is 0 Å². The number of piperidine rings is 2. The Bertz CT molecular complexity index is 983. The normalized spacial score (nSPS) is 18.0. The summed E-state index contributed by atoms with van der Waals surface area (Å²) in [5.41, 5.74) is 2.29. The molecule has 0 spiro atoms. The average molecular weight is 445 g/mol. The van der Waals surface area contributed by atoms with Gasteiger partial charge in [0.15, 0.2) is 5.82 Å². The summed E-state index contributed by atoms with van der Waals surface area (Å²) in [6.45, 7) is 4.29. The molecule has 5 rings (SSSR count). The molecule has 3 aromatic rings. The highest BCUT2D eigenvalue weighted by Gasteiger charge is 2.30. The number of hydrogen-bond donors (Lipinski definition) is 0. The molecule has 0 unspecified atom stereocenters. The van der Waals surface area contributed by atoms with Crippen LogP contribution in [0.15, 0.2) is 65.2 Å². The molecule has 6 nitrogen and oxygen atoms in total. The molecule has 33 heavy (non-hydrogen) atoms. The van der Waals surface area contributed by atoms with Crippen molar-refractivity contribution in [2.45, 2.75) is 44.6 Å². The van der Waals surface area contributed by atoms with Crippen molar-refractivity contribution in [1.82, 2.24) is 19.9 Å². The molecule has 0 saturated carbocycles. The third-order valence-corrected chi connectivity index (χ3v) is 6.97. The minimum Gasteiger partial charge on any atom is -0.342 e. The molecule has 0 radical (unpaired) electrons. The number of amides is 1. The van der Waals surface area contributed by atoms with Crippen LogP contribution in [0.3, 0.4) is 0 Å². The van der Waals surface area contributed by atoms with E-state index >= 15 is 0 Å². The lowest BCUT2D eigenvalue weighted by Gasteiger charge is -2.35. The Morgan fingerprint density at radius 2 is 1.48 bits per heavy atom. The van der Waals surface area contributed by atoms with Crippen molar-refractivity contribution < 1.29 is 9.32 Å². The zero-order valence-corrected chi connectivity index (χ0v) is 19.1.